The SMILES string of the molecule is CCOC(=O)CNC(=O)NCCC(C)CCC(=O)O. The minimum absolute atomic E-state index is 0.135. The Morgan fingerprint density at radius 3 is 2.47 bits per heavy atom. The van der Waals surface area contributed by atoms with Gasteiger partial charge in [-0.1, -0.05) is 6.92 Å². The third-order valence-corrected chi connectivity index (χ3v) is 2.47. The minimum Gasteiger partial charge on any atom is -0.481 e. The van der Waals surface area contributed by atoms with Crippen LogP contribution < -0.4 is 10.6 Å². The van der Waals surface area contributed by atoms with Crippen LogP contribution in [0.2, 0.25) is 0 Å². The first-order chi connectivity index (χ1) is 8.95. The van der Waals surface area contributed by atoms with Crippen molar-refractivity contribution in [1.82, 2.24) is 10.6 Å². The first-order valence-electron chi connectivity index (χ1n) is 6.34. The Balaban J connectivity index is 3.57. The van der Waals surface area contributed by atoms with Gasteiger partial charge in [0.1, 0.15) is 6.54 Å². The van der Waals surface area contributed by atoms with Crippen molar-refractivity contribution in [2.45, 2.75) is 33.1 Å². The summed E-state index contributed by atoms with van der Waals surface area (Å²) in [7, 11) is 0. The van der Waals surface area contributed by atoms with E-state index in [-0.39, 0.29) is 25.5 Å². The van der Waals surface area contributed by atoms with Crippen LogP contribution in [0.1, 0.15) is 33.1 Å². The van der Waals surface area contributed by atoms with Crippen molar-refractivity contribution in [2.75, 3.05) is 19.7 Å². The molecule has 0 saturated carbocycles. The number of carboxylic acid groups (broad SMARTS) is 1. The van der Waals surface area contributed by atoms with E-state index in [0.717, 1.165) is 0 Å². The molecule has 2 amide bonds. The Kier molecular flexibility index (Phi) is 9.20. The van der Waals surface area contributed by atoms with Crippen LogP contribution in [0.15, 0.2) is 0 Å². The number of urea groups is 1. The maximum absolute atomic E-state index is 11.3. The maximum Gasteiger partial charge on any atom is 0.325 e. The summed E-state index contributed by atoms with van der Waals surface area (Å²) in [5.74, 6) is -1.07. The van der Waals surface area contributed by atoms with Crippen molar-refractivity contribution >= 4 is 18.0 Å². The van der Waals surface area contributed by atoms with Gasteiger partial charge in [-0.3, -0.25) is 9.59 Å². The van der Waals surface area contributed by atoms with E-state index in [2.05, 4.69) is 15.4 Å². The summed E-state index contributed by atoms with van der Waals surface area (Å²) in [5, 5.41) is 13.5. The first kappa shape index (κ1) is 17.2. The number of aliphatic carboxylic acids is 1. The first-order valence-corrected chi connectivity index (χ1v) is 6.34. The van der Waals surface area contributed by atoms with Gasteiger partial charge in [0.25, 0.3) is 0 Å². The molecule has 0 rings (SSSR count). The van der Waals surface area contributed by atoms with E-state index in [4.69, 9.17) is 5.11 Å². The molecule has 0 fully saturated rings. The third-order valence-electron chi connectivity index (χ3n) is 2.47. The number of amides is 2. The minimum atomic E-state index is -0.813. The smallest absolute Gasteiger partial charge is 0.325 e. The quantitative estimate of drug-likeness (QED) is 0.538. The maximum atomic E-state index is 11.3. The van der Waals surface area contributed by atoms with Crippen LogP contribution in [0.25, 0.3) is 0 Å². The summed E-state index contributed by atoms with van der Waals surface area (Å²) >= 11 is 0. The number of hydrogen-bond acceptors (Lipinski definition) is 4. The molecule has 0 aromatic carbocycles. The van der Waals surface area contributed by atoms with Crippen LogP contribution in [0.5, 0.6) is 0 Å². The second-order valence-electron chi connectivity index (χ2n) is 4.24. The van der Waals surface area contributed by atoms with Crippen molar-refractivity contribution in [3.05, 3.63) is 0 Å². The zero-order chi connectivity index (χ0) is 14.7. The number of carbonyl (C=O) groups is 3. The number of nitrogens with one attached hydrogen (secondary N) is 2. The van der Waals surface area contributed by atoms with Gasteiger partial charge in [-0.25, -0.2) is 4.79 Å². The lowest BCUT2D eigenvalue weighted by Crippen LogP contribution is -2.39. The summed E-state index contributed by atoms with van der Waals surface area (Å²) in [6.07, 6.45) is 1.41. The van der Waals surface area contributed by atoms with Crippen molar-refractivity contribution in [2.24, 2.45) is 5.92 Å². The lowest BCUT2D eigenvalue weighted by atomic mass is 10.0. The van der Waals surface area contributed by atoms with E-state index in [1.165, 1.54) is 0 Å². The highest BCUT2D eigenvalue weighted by Crippen LogP contribution is 2.08. The van der Waals surface area contributed by atoms with Gasteiger partial charge in [-0.15, -0.1) is 0 Å². The van der Waals surface area contributed by atoms with Crippen LogP contribution in [0, 0.1) is 5.92 Å². The molecule has 0 bridgehead atoms. The summed E-state index contributed by atoms with van der Waals surface area (Å²) in [6.45, 7) is 4.19. The molecule has 1 atom stereocenters. The zero-order valence-electron chi connectivity index (χ0n) is 11.4. The average Bonchev–Trinajstić information content (AvgIpc) is 2.34. The van der Waals surface area contributed by atoms with E-state index >= 15 is 0 Å². The van der Waals surface area contributed by atoms with Gasteiger partial charge < -0.3 is 20.5 Å². The van der Waals surface area contributed by atoms with E-state index in [0.29, 0.717) is 19.4 Å². The van der Waals surface area contributed by atoms with E-state index in [9.17, 15) is 14.4 Å². The highest BCUT2D eigenvalue weighted by Gasteiger charge is 2.08. The molecule has 0 spiro atoms. The fraction of sp³-hybridized carbons (Fsp3) is 0.750. The molecular formula is C12H22N2O5. The second kappa shape index (κ2) is 10.2. The lowest BCUT2D eigenvalue weighted by molar-refractivity contribution is -0.141. The van der Waals surface area contributed by atoms with E-state index in [1.54, 1.807) is 6.92 Å². The molecular weight excluding hydrogens is 252 g/mol. The Labute approximate surface area is 112 Å². The molecule has 0 aliphatic heterocycles. The molecule has 110 valence electrons. The van der Waals surface area contributed by atoms with Gasteiger partial charge in [0.15, 0.2) is 0 Å². The monoisotopic (exact) mass is 274 g/mol. The fourth-order valence-electron chi connectivity index (χ4n) is 1.37. The van der Waals surface area contributed by atoms with Crippen LogP contribution in [-0.4, -0.2) is 42.8 Å². The predicted molar refractivity (Wildman–Crippen MR) is 68.7 cm³/mol. The predicted octanol–water partition coefficient (Wildman–Crippen LogP) is 0.740. The topological polar surface area (TPSA) is 105 Å². The van der Waals surface area contributed by atoms with Crippen LogP contribution in [0.3, 0.4) is 0 Å². The van der Waals surface area contributed by atoms with Gasteiger partial charge in [-0.2, -0.15) is 0 Å². The number of esters is 1. The molecule has 0 aromatic rings. The molecule has 1 unspecified atom stereocenters. The summed E-state index contributed by atoms with van der Waals surface area (Å²) in [5.41, 5.74) is 0. The van der Waals surface area contributed by atoms with Gasteiger partial charge in [0.2, 0.25) is 0 Å². The van der Waals surface area contributed by atoms with Crippen LogP contribution in [0.4, 0.5) is 4.79 Å². The molecule has 7 nitrogen and oxygen atoms in total. The molecule has 19 heavy (non-hydrogen) atoms. The molecule has 0 aliphatic carbocycles. The largest absolute Gasteiger partial charge is 0.481 e. The molecule has 0 heterocycles. The Bertz CT molecular complexity index is 306. The summed E-state index contributed by atoms with van der Waals surface area (Å²) in [4.78, 5) is 32.6. The van der Waals surface area contributed by atoms with Crippen LogP contribution >= 0.6 is 0 Å². The van der Waals surface area contributed by atoms with E-state index < -0.39 is 18.0 Å². The Morgan fingerprint density at radius 1 is 1.21 bits per heavy atom. The highest BCUT2D eigenvalue weighted by atomic mass is 16.5. The average molecular weight is 274 g/mol. The van der Waals surface area contributed by atoms with Crippen molar-refractivity contribution in [3.8, 4) is 0 Å². The van der Waals surface area contributed by atoms with Crippen LogP contribution in [-0.2, 0) is 14.3 Å². The fourth-order valence-corrected chi connectivity index (χ4v) is 1.37. The van der Waals surface area contributed by atoms with Gasteiger partial charge in [-0.05, 0) is 25.7 Å². The number of ether oxygens (including phenoxy) is 1. The van der Waals surface area contributed by atoms with Gasteiger partial charge in [0.05, 0.1) is 6.61 Å². The molecule has 0 radical (unpaired) electrons. The molecule has 0 aliphatic rings. The molecule has 0 saturated heterocycles. The normalized spacial score (nSPS) is 11.5. The summed E-state index contributed by atoms with van der Waals surface area (Å²) in [6, 6.07) is -0.432. The number of carboxylic acids is 1. The standard InChI is InChI=1S/C12H22N2O5/c1-3-19-11(17)8-14-12(18)13-7-6-9(2)4-5-10(15)16/h9H,3-8H2,1-2H3,(H,15,16)(H2,13,14,18). The second-order valence-corrected chi connectivity index (χ2v) is 4.24. The number of hydrogen-bond donors (Lipinski definition) is 3. The molecule has 3 N–H and O–H groups in total. The number of rotatable bonds is 9. The third kappa shape index (κ3) is 11.1. The zero-order valence-corrected chi connectivity index (χ0v) is 11.4. The summed E-state index contributed by atoms with van der Waals surface area (Å²) < 4.78 is 4.65. The highest BCUT2D eigenvalue weighted by molar-refractivity contribution is 5.80. The number of carbonyl (C=O) groups excluding carboxylic acids is 2. The van der Waals surface area contributed by atoms with E-state index in [1.807, 2.05) is 6.92 Å². The van der Waals surface area contributed by atoms with Gasteiger partial charge in [0, 0.05) is 13.0 Å². The Hall–Kier alpha value is -1.79. The van der Waals surface area contributed by atoms with Crippen molar-refractivity contribution < 1.29 is 24.2 Å². The lowest BCUT2D eigenvalue weighted by Gasteiger charge is -2.11. The molecule has 7 heteroatoms. The molecule has 0 aromatic heterocycles. The van der Waals surface area contributed by atoms with Gasteiger partial charge >= 0.3 is 18.0 Å². The van der Waals surface area contributed by atoms with Crippen molar-refractivity contribution in [3.63, 3.8) is 0 Å². The van der Waals surface area contributed by atoms with Crippen molar-refractivity contribution in [1.29, 1.82) is 0 Å². The Morgan fingerprint density at radius 2 is 1.89 bits per heavy atom.